The summed E-state index contributed by atoms with van der Waals surface area (Å²) in [5, 5.41) is 0. The molecule has 0 aliphatic heterocycles. The first-order valence-corrected chi connectivity index (χ1v) is 0.842. The third-order valence-corrected chi connectivity index (χ3v) is 0. The largest absolute Gasteiger partial charge is 0 e. The molecule has 4 heavy (non-hydrogen) atoms. The predicted molar refractivity (Wildman–Crippen MR) is 10.6 cm³/mol. The summed E-state index contributed by atoms with van der Waals surface area (Å²) < 4.78 is 8.25. The molecule has 0 amide bonds. The van der Waals surface area contributed by atoms with Crippen molar-refractivity contribution in [2.75, 3.05) is 0 Å². The summed E-state index contributed by atoms with van der Waals surface area (Å²) in [6, 6.07) is 0. The van der Waals surface area contributed by atoms with E-state index in [-0.39, 0.29) is 52.4 Å². The van der Waals surface area contributed by atoms with Gasteiger partial charge in [0.1, 0.15) is 0 Å². The summed E-state index contributed by atoms with van der Waals surface area (Å²) in [5.41, 5.74) is 0. The Labute approximate surface area is 74.9 Å². The first kappa shape index (κ1) is 16.3. The van der Waals surface area contributed by atoms with E-state index in [9.17, 15) is 0 Å². The van der Waals surface area contributed by atoms with Crippen molar-refractivity contribution in [2.45, 2.75) is 0 Å². The van der Waals surface area contributed by atoms with Gasteiger partial charge in [0.05, 0.1) is 0 Å². The zero-order valence-corrected chi connectivity index (χ0v) is 11.6. The van der Waals surface area contributed by atoms with E-state index in [4.69, 9.17) is 3.32 Å². The molecule has 0 saturated carbocycles. The molecule has 0 fully saturated rings. The molecule has 0 atom stereocenters. The Bertz CT molecular complexity index is 8.00. The zero-order chi connectivity index (χ0) is 2.00. The van der Waals surface area contributed by atoms with Gasteiger partial charge in [-0.25, -0.2) is 0 Å². The third-order valence-electron chi connectivity index (χ3n) is 0. The van der Waals surface area contributed by atoms with E-state index in [0.29, 0.717) is 0 Å². The summed E-state index contributed by atoms with van der Waals surface area (Å²) in [5.74, 6) is 0. The smallest absolute Gasteiger partial charge is 0 e. The summed E-state index contributed by atoms with van der Waals surface area (Å²) in [4.78, 5) is 0. The van der Waals surface area contributed by atoms with Crippen LogP contribution in [0.3, 0.4) is 0 Å². The minimum Gasteiger partial charge on any atom is 0 e. The molecule has 0 aliphatic rings. The van der Waals surface area contributed by atoms with Gasteiger partial charge in [-0.3, -0.25) is 0 Å². The Balaban J connectivity index is -0.00000000500. The molecule has 0 unspecified atom stereocenters. The summed E-state index contributed by atoms with van der Waals surface area (Å²) in [6.45, 7) is 0. The van der Waals surface area contributed by atoms with Gasteiger partial charge in [0.2, 0.25) is 0 Å². The second-order valence-electron chi connectivity index (χ2n) is 0. The molecule has 0 heterocycles. The standard InChI is InChI=1S/Bi.O.Ti.Zr.3H. The van der Waals surface area contributed by atoms with Gasteiger partial charge < -0.3 is 0 Å². The van der Waals surface area contributed by atoms with Crippen molar-refractivity contribution in [1.82, 2.24) is 0 Å². The molecule has 0 rings (SSSR count). The average Bonchev–Trinajstić information content (AvgIpc) is 1.00. The van der Waals surface area contributed by atoms with Crippen molar-refractivity contribution in [3.05, 3.63) is 0 Å². The summed E-state index contributed by atoms with van der Waals surface area (Å²) in [7, 11) is 0. The second-order valence-corrected chi connectivity index (χ2v) is 0. The zero-order valence-electron chi connectivity index (χ0n) is 2.12. The van der Waals surface area contributed by atoms with Crippen LogP contribution in [0.2, 0.25) is 0 Å². The molecule has 0 N–H and O–H groups in total. The van der Waals surface area contributed by atoms with Crippen LogP contribution >= 0.6 is 0 Å². The van der Waals surface area contributed by atoms with Crippen LogP contribution in [-0.4, -0.2) is 26.2 Å². The van der Waals surface area contributed by atoms with Crippen molar-refractivity contribution in [3.8, 4) is 0 Å². The first-order chi connectivity index (χ1) is 1.00. The van der Waals surface area contributed by atoms with E-state index in [1.165, 1.54) is 0 Å². The van der Waals surface area contributed by atoms with E-state index in [1.54, 1.807) is 0 Å². The SMILES string of the molecule is [BiH3].[O]=[Ti].[Zr]. The van der Waals surface area contributed by atoms with E-state index >= 15 is 0 Å². The van der Waals surface area contributed by atoms with Gasteiger partial charge >= 0.3 is 49.9 Å². The van der Waals surface area contributed by atoms with Crippen LogP contribution in [0.4, 0.5) is 0 Å². The van der Waals surface area contributed by atoms with E-state index in [1.807, 2.05) is 0 Å². The van der Waals surface area contributed by atoms with Crippen LogP contribution in [0.15, 0.2) is 0 Å². The maximum absolute atomic E-state index is 8.25. The molecule has 0 aromatic rings. The van der Waals surface area contributed by atoms with Gasteiger partial charge in [0.25, 0.3) is 0 Å². The average molecular weight is 367 g/mol. The fourth-order valence-electron chi connectivity index (χ4n) is 0. The van der Waals surface area contributed by atoms with Crippen molar-refractivity contribution in [1.29, 1.82) is 0 Å². The van der Waals surface area contributed by atoms with Crippen molar-refractivity contribution >= 4 is 26.2 Å². The van der Waals surface area contributed by atoms with Gasteiger partial charge in [-0.05, 0) is 0 Å². The Kier molecular flexibility index (Phi) is 75.7. The van der Waals surface area contributed by atoms with Crippen LogP contribution in [0.1, 0.15) is 0 Å². The maximum Gasteiger partial charge on any atom is 0 e. The molecule has 0 saturated heterocycles. The fourth-order valence-corrected chi connectivity index (χ4v) is 0. The maximum atomic E-state index is 8.25. The molecule has 1 nitrogen and oxygen atoms in total. The Morgan fingerprint density at radius 1 is 1.25 bits per heavy atom. The second kappa shape index (κ2) is 18.6. The van der Waals surface area contributed by atoms with Gasteiger partial charge in [-0.2, -0.15) is 0 Å². The van der Waals surface area contributed by atoms with E-state index in [0.717, 1.165) is 20.4 Å². The number of hydrogen-bond donors (Lipinski definition) is 0. The third kappa shape index (κ3) is 8.86. The monoisotopic (exact) mass is 366 g/mol. The molecular weight excluding hydrogens is 364 g/mol. The summed E-state index contributed by atoms with van der Waals surface area (Å²) >= 11 is 0.750. The molecular formula is H3BiOTiZr. The molecule has 0 spiro atoms. The normalized spacial score (nSPS) is 0.750. The predicted octanol–water partition coefficient (Wildman–Crippen LogP) is -1.31. The Morgan fingerprint density at radius 2 is 1.25 bits per heavy atom. The molecule has 0 aliphatic carbocycles. The van der Waals surface area contributed by atoms with Gasteiger partial charge in [-0.1, -0.05) is 0 Å². The van der Waals surface area contributed by atoms with Crippen molar-refractivity contribution in [3.63, 3.8) is 0 Å². The molecule has 22 valence electrons. The summed E-state index contributed by atoms with van der Waals surface area (Å²) in [6.07, 6.45) is 0. The van der Waals surface area contributed by atoms with Crippen LogP contribution in [0.5, 0.6) is 0 Å². The van der Waals surface area contributed by atoms with Gasteiger partial charge in [-0.15, -0.1) is 0 Å². The molecule has 0 aromatic carbocycles. The molecule has 0 aromatic heterocycles. The van der Waals surface area contributed by atoms with Crippen LogP contribution in [-0.2, 0) is 49.9 Å². The fraction of sp³-hybridized carbons (Fsp3) is 0. The minimum absolute atomic E-state index is 0. The van der Waals surface area contributed by atoms with Crippen LogP contribution in [0, 0.1) is 0 Å². The van der Waals surface area contributed by atoms with Crippen LogP contribution < -0.4 is 0 Å². The molecule has 4 heteroatoms. The van der Waals surface area contributed by atoms with Crippen molar-refractivity contribution < 1.29 is 49.9 Å². The number of rotatable bonds is 0. The van der Waals surface area contributed by atoms with Gasteiger partial charge in [0.15, 0.2) is 0 Å². The Morgan fingerprint density at radius 3 is 1.25 bits per heavy atom. The topological polar surface area (TPSA) is 17.1 Å². The number of hydrogen-bond acceptors (Lipinski definition) is 1. The Hall–Kier alpha value is 2.28. The first-order valence-electron chi connectivity index (χ1n) is 0.204. The van der Waals surface area contributed by atoms with Crippen LogP contribution in [0.25, 0.3) is 0 Å². The minimum atomic E-state index is 0. The van der Waals surface area contributed by atoms with Gasteiger partial charge in [0, 0.05) is 26.2 Å². The molecule has 0 radical (unpaired) electrons. The van der Waals surface area contributed by atoms with E-state index < -0.39 is 0 Å². The van der Waals surface area contributed by atoms with Crippen molar-refractivity contribution in [2.24, 2.45) is 0 Å². The van der Waals surface area contributed by atoms with E-state index in [2.05, 4.69) is 0 Å². The molecule has 0 bridgehead atoms. The quantitative estimate of drug-likeness (QED) is 0.487.